The predicted molar refractivity (Wildman–Crippen MR) is 77.8 cm³/mol. The van der Waals surface area contributed by atoms with Gasteiger partial charge < -0.3 is 10.1 Å². The molecule has 1 aliphatic heterocycles. The van der Waals surface area contributed by atoms with Gasteiger partial charge in [0.1, 0.15) is 0 Å². The molecule has 1 heterocycles. The Morgan fingerprint density at radius 1 is 1.44 bits per heavy atom. The molecule has 0 radical (unpaired) electrons. The lowest BCUT2D eigenvalue weighted by molar-refractivity contribution is 0.104. The molecular formula is C13H20Cl2N2O. The van der Waals surface area contributed by atoms with Gasteiger partial charge in [-0.1, -0.05) is 29.8 Å². The molecule has 0 aliphatic carbocycles. The molecule has 1 aliphatic rings. The minimum atomic E-state index is 0. The monoisotopic (exact) mass is 290 g/mol. The summed E-state index contributed by atoms with van der Waals surface area (Å²) >= 11 is 6.27. The number of methoxy groups -OCH3 is 1. The second-order valence-corrected chi connectivity index (χ2v) is 4.68. The maximum atomic E-state index is 6.27. The lowest BCUT2D eigenvalue weighted by Crippen LogP contribution is -2.47. The first-order valence-corrected chi connectivity index (χ1v) is 6.39. The minimum Gasteiger partial charge on any atom is -0.383 e. The van der Waals surface area contributed by atoms with Gasteiger partial charge in [-0.15, -0.1) is 12.4 Å². The van der Waals surface area contributed by atoms with Gasteiger partial charge >= 0.3 is 0 Å². The van der Waals surface area contributed by atoms with Crippen LogP contribution in [0.25, 0.3) is 0 Å². The molecule has 0 spiro atoms. The first kappa shape index (κ1) is 15.7. The third-order valence-electron chi connectivity index (χ3n) is 3.20. The van der Waals surface area contributed by atoms with E-state index in [-0.39, 0.29) is 12.4 Å². The molecule has 3 nitrogen and oxygen atoms in total. The summed E-state index contributed by atoms with van der Waals surface area (Å²) in [4.78, 5) is 2.43. The summed E-state index contributed by atoms with van der Waals surface area (Å²) in [6, 6.07) is 8.44. The van der Waals surface area contributed by atoms with E-state index in [9.17, 15) is 0 Å². The van der Waals surface area contributed by atoms with Crippen molar-refractivity contribution in [1.29, 1.82) is 0 Å². The molecule has 0 bridgehead atoms. The molecule has 0 saturated carbocycles. The number of benzene rings is 1. The van der Waals surface area contributed by atoms with Crippen molar-refractivity contribution in [1.82, 2.24) is 10.2 Å². The Labute approximate surface area is 120 Å². The van der Waals surface area contributed by atoms with Crippen molar-refractivity contribution in [3.8, 4) is 0 Å². The highest BCUT2D eigenvalue weighted by Gasteiger charge is 2.24. The van der Waals surface area contributed by atoms with Gasteiger partial charge in [-0.25, -0.2) is 0 Å². The summed E-state index contributed by atoms with van der Waals surface area (Å²) in [5, 5.41) is 4.28. The van der Waals surface area contributed by atoms with Crippen LogP contribution in [0.5, 0.6) is 0 Å². The molecule has 5 heteroatoms. The number of rotatable bonds is 4. The zero-order valence-corrected chi connectivity index (χ0v) is 12.1. The van der Waals surface area contributed by atoms with Crippen LogP contribution in [0.15, 0.2) is 24.3 Å². The van der Waals surface area contributed by atoms with Crippen LogP contribution < -0.4 is 5.32 Å². The van der Waals surface area contributed by atoms with Gasteiger partial charge in [-0.2, -0.15) is 0 Å². The summed E-state index contributed by atoms with van der Waals surface area (Å²) in [5.74, 6) is 0. The summed E-state index contributed by atoms with van der Waals surface area (Å²) in [5.41, 5.74) is 1.21. The van der Waals surface area contributed by atoms with Gasteiger partial charge in [0.25, 0.3) is 0 Å². The average molecular weight is 291 g/mol. The Hall–Kier alpha value is -0.320. The van der Waals surface area contributed by atoms with E-state index in [0.29, 0.717) is 6.04 Å². The molecular weight excluding hydrogens is 271 g/mol. The van der Waals surface area contributed by atoms with Gasteiger partial charge in [0, 0.05) is 44.4 Å². The van der Waals surface area contributed by atoms with E-state index in [2.05, 4.69) is 16.3 Å². The van der Waals surface area contributed by atoms with Crippen molar-refractivity contribution >= 4 is 24.0 Å². The van der Waals surface area contributed by atoms with Crippen molar-refractivity contribution < 1.29 is 4.74 Å². The summed E-state index contributed by atoms with van der Waals surface area (Å²) in [6.45, 7) is 4.74. The fraction of sp³-hybridized carbons (Fsp3) is 0.538. The third kappa shape index (κ3) is 3.84. The van der Waals surface area contributed by atoms with E-state index in [1.807, 2.05) is 18.2 Å². The van der Waals surface area contributed by atoms with Crippen LogP contribution in [0.2, 0.25) is 5.02 Å². The highest BCUT2D eigenvalue weighted by atomic mass is 35.5. The van der Waals surface area contributed by atoms with Gasteiger partial charge in [-0.05, 0) is 11.6 Å². The van der Waals surface area contributed by atoms with E-state index in [4.69, 9.17) is 16.3 Å². The predicted octanol–water partition coefficient (Wildman–Crippen LogP) is 2.35. The van der Waals surface area contributed by atoms with Crippen molar-refractivity contribution in [2.45, 2.75) is 6.04 Å². The smallest absolute Gasteiger partial charge is 0.0589 e. The van der Waals surface area contributed by atoms with Crippen LogP contribution in [0.3, 0.4) is 0 Å². The molecule has 1 unspecified atom stereocenters. The first-order chi connectivity index (χ1) is 8.33. The molecule has 0 aromatic heterocycles. The number of ether oxygens (including phenoxy) is 1. The summed E-state index contributed by atoms with van der Waals surface area (Å²) in [6.07, 6.45) is 0. The van der Waals surface area contributed by atoms with Crippen LogP contribution in [-0.4, -0.2) is 44.8 Å². The van der Waals surface area contributed by atoms with Gasteiger partial charge in [0.2, 0.25) is 0 Å². The molecule has 18 heavy (non-hydrogen) atoms. The van der Waals surface area contributed by atoms with Crippen LogP contribution in [0, 0.1) is 0 Å². The fourth-order valence-electron chi connectivity index (χ4n) is 2.27. The summed E-state index contributed by atoms with van der Waals surface area (Å²) < 4.78 is 5.16. The first-order valence-electron chi connectivity index (χ1n) is 6.01. The molecule has 1 saturated heterocycles. The Bertz CT molecular complexity index is 363. The van der Waals surface area contributed by atoms with Crippen molar-refractivity contribution in [2.24, 2.45) is 0 Å². The van der Waals surface area contributed by atoms with Crippen molar-refractivity contribution in [3.63, 3.8) is 0 Å². The number of nitrogens with zero attached hydrogens (tertiary/aromatic N) is 1. The maximum absolute atomic E-state index is 6.27. The Kier molecular flexibility index (Phi) is 6.97. The topological polar surface area (TPSA) is 24.5 Å². The molecule has 1 atom stereocenters. The van der Waals surface area contributed by atoms with E-state index >= 15 is 0 Å². The second kappa shape index (κ2) is 7.97. The van der Waals surface area contributed by atoms with Crippen LogP contribution in [0.1, 0.15) is 11.6 Å². The van der Waals surface area contributed by atoms with Crippen LogP contribution in [-0.2, 0) is 4.74 Å². The van der Waals surface area contributed by atoms with Crippen LogP contribution in [0.4, 0.5) is 0 Å². The highest BCUT2D eigenvalue weighted by molar-refractivity contribution is 6.31. The molecule has 102 valence electrons. The largest absolute Gasteiger partial charge is 0.383 e. The van der Waals surface area contributed by atoms with Gasteiger partial charge in [-0.3, -0.25) is 4.90 Å². The highest BCUT2D eigenvalue weighted by Crippen LogP contribution is 2.28. The standard InChI is InChI=1S/C13H19ClN2O.ClH/c1-17-9-8-16-7-6-15-10-13(16)11-4-2-3-5-12(11)14;/h2-5,13,15H,6-10H2,1H3;1H. The number of hydrogen-bond acceptors (Lipinski definition) is 3. The average Bonchev–Trinajstić information content (AvgIpc) is 2.37. The Morgan fingerprint density at radius 2 is 2.22 bits per heavy atom. The SMILES string of the molecule is COCCN1CCNCC1c1ccccc1Cl.Cl. The molecule has 2 rings (SSSR count). The second-order valence-electron chi connectivity index (χ2n) is 4.27. The molecule has 1 N–H and O–H groups in total. The molecule has 1 aromatic carbocycles. The number of piperazine rings is 1. The van der Waals surface area contributed by atoms with E-state index in [0.717, 1.165) is 37.8 Å². The minimum absolute atomic E-state index is 0. The zero-order valence-electron chi connectivity index (χ0n) is 10.6. The van der Waals surface area contributed by atoms with Crippen molar-refractivity contribution in [2.75, 3.05) is 39.9 Å². The van der Waals surface area contributed by atoms with E-state index in [1.54, 1.807) is 7.11 Å². The zero-order chi connectivity index (χ0) is 12.1. The van der Waals surface area contributed by atoms with Gasteiger partial charge in [0.15, 0.2) is 0 Å². The lowest BCUT2D eigenvalue weighted by Gasteiger charge is -2.36. The summed E-state index contributed by atoms with van der Waals surface area (Å²) in [7, 11) is 1.74. The number of hydrogen-bond donors (Lipinski definition) is 1. The lowest BCUT2D eigenvalue weighted by atomic mass is 10.0. The number of halogens is 2. The Morgan fingerprint density at radius 3 is 2.94 bits per heavy atom. The number of nitrogens with one attached hydrogen (secondary N) is 1. The third-order valence-corrected chi connectivity index (χ3v) is 3.55. The molecule has 1 aromatic rings. The van der Waals surface area contributed by atoms with Crippen molar-refractivity contribution in [3.05, 3.63) is 34.9 Å². The van der Waals surface area contributed by atoms with E-state index < -0.39 is 0 Å². The Balaban J connectivity index is 0.00000162. The normalized spacial score (nSPS) is 20.4. The van der Waals surface area contributed by atoms with E-state index in [1.165, 1.54) is 5.56 Å². The molecule has 1 fully saturated rings. The fourth-order valence-corrected chi connectivity index (χ4v) is 2.54. The van der Waals surface area contributed by atoms with Crippen LogP contribution >= 0.6 is 24.0 Å². The maximum Gasteiger partial charge on any atom is 0.0589 e. The van der Waals surface area contributed by atoms with Gasteiger partial charge in [0.05, 0.1) is 6.61 Å². The molecule has 0 amide bonds. The quantitative estimate of drug-likeness (QED) is 0.921.